The maximum atomic E-state index is 11.8. The van der Waals surface area contributed by atoms with E-state index in [1.54, 1.807) is 25.1 Å². The van der Waals surface area contributed by atoms with Crippen LogP contribution in [0.3, 0.4) is 0 Å². The van der Waals surface area contributed by atoms with E-state index in [0.717, 1.165) is 16.0 Å². The van der Waals surface area contributed by atoms with E-state index >= 15 is 0 Å². The summed E-state index contributed by atoms with van der Waals surface area (Å²) in [5.74, 6) is -0.388. The third kappa shape index (κ3) is 3.14. The number of carbonyl (C=O) groups excluding carboxylic acids is 1. The van der Waals surface area contributed by atoms with Crippen LogP contribution in [0.15, 0.2) is 51.8 Å². The highest BCUT2D eigenvalue weighted by Gasteiger charge is 2.15. The average molecular weight is 341 g/mol. The van der Waals surface area contributed by atoms with Crippen molar-refractivity contribution in [2.24, 2.45) is 0 Å². The summed E-state index contributed by atoms with van der Waals surface area (Å²) in [7, 11) is 0. The number of Topliss-reactive ketones (excluding diaryl/α,β-unsaturated/α-hetero) is 1. The van der Waals surface area contributed by atoms with Crippen molar-refractivity contribution in [2.75, 3.05) is 4.72 Å². The number of benzene rings is 2. The normalized spacial score (nSPS) is 10.8. The molecule has 0 bridgehead atoms. The van der Waals surface area contributed by atoms with Gasteiger partial charge in [0.25, 0.3) is 0 Å². The Morgan fingerprint density at radius 2 is 1.96 bits per heavy atom. The monoisotopic (exact) mass is 341 g/mol. The first-order valence-corrected chi connectivity index (χ1v) is 8.07. The molecule has 3 aromatic rings. The summed E-state index contributed by atoms with van der Waals surface area (Å²) in [5, 5.41) is 9.79. The first kappa shape index (κ1) is 16.1. The Hall–Kier alpha value is -2.73. The highest BCUT2D eigenvalue weighted by Crippen LogP contribution is 2.30. The molecule has 2 aromatic carbocycles. The molecule has 0 saturated carbocycles. The van der Waals surface area contributed by atoms with E-state index in [1.807, 2.05) is 24.3 Å². The number of carbonyl (C=O) groups is 2. The Morgan fingerprint density at radius 3 is 2.67 bits per heavy atom. The number of hydrogen-bond donors (Lipinski definition) is 2. The summed E-state index contributed by atoms with van der Waals surface area (Å²) in [5.41, 5.74) is 2.30. The third-order valence-electron chi connectivity index (χ3n) is 3.58. The van der Waals surface area contributed by atoms with Crippen molar-refractivity contribution in [3.8, 4) is 0 Å². The molecule has 122 valence electrons. The van der Waals surface area contributed by atoms with E-state index in [9.17, 15) is 9.59 Å². The molecule has 3 rings (SSSR count). The van der Waals surface area contributed by atoms with Gasteiger partial charge in [-0.15, -0.1) is 0 Å². The molecule has 0 radical (unpaired) electrons. The van der Waals surface area contributed by atoms with Gasteiger partial charge < -0.3 is 14.2 Å². The molecule has 0 saturated heterocycles. The van der Waals surface area contributed by atoms with E-state index in [4.69, 9.17) is 9.52 Å². The number of ketones is 1. The van der Waals surface area contributed by atoms with Gasteiger partial charge in [-0.3, -0.25) is 4.79 Å². The van der Waals surface area contributed by atoms with E-state index in [0.29, 0.717) is 16.9 Å². The Morgan fingerprint density at radius 1 is 1.17 bits per heavy atom. The van der Waals surface area contributed by atoms with E-state index in [-0.39, 0.29) is 11.3 Å². The fourth-order valence-electron chi connectivity index (χ4n) is 2.53. The van der Waals surface area contributed by atoms with Crippen molar-refractivity contribution in [3.05, 3.63) is 59.4 Å². The zero-order valence-electron chi connectivity index (χ0n) is 13.1. The molecule has 0 amide bonds. The molecule has 0 unspecified atom stereocenters. The van der Waals surface area contributed by atoms with Crippen LogP contribution in [-0.2, 0) is 0 Å². The molecule has 5 nitrogen and oxygen atoms in total. The summed E-state index contributed by atoms with van der Waals surface area (Å²) in [6, 6.07) is 12.2. The van der Waals surface area contributed by atoms with Crippen LogP contribution in [0.2, 0.25) is 0 Å². The predicted molar refractivity (Wildman–Crippen MR) is 93.8 cm³/mol. The van der Waals surface area contributed by atoms with Crippen LogP contribution >= 0.6 is 11.9 Å². The van der Waals surface area contributed by atoms with Crippen LogP contribution in [0.1, 0.15) is 33.4 Å². The third-order valence-corrected chi connectivity index (χ3v) is 4.41. The van der Waals surface area contributed by atoms with Gasteiger partial charge in [-0.1, -0.05) is 6.07 Å². The zero-order chi connectivity index (χ0) is 17.3. The molecule has 2 N–H and O–H groups in total. The van der Waals surface area contributed by atoms with Gasteiger partial charge in [0, 0.05) is 16.0 Å². The quantitative estimate of drug-likeness (QED) is 0.514. The highest BCUT2D eigenvalue weighted by atomic mass is 32.2. The summed E-state index contributed by atoms with van der Waals surface area (Å²) < 4.78 is 8.76. The summed E-state index contributed by atoms with van der Waals surface area (Å²) >= 11 is 1.31. The van der Waals surface area contributed by atoms with E-state index < -0.39 is 5.97 Å². The second-order valence-electron chi connectivity index (χ2n) is 5.34. The minimum atomic E-state index is -0.959. The first-order chi connectivity index (χ1) is 11.5. The highest BCUT2D eigenvalue weighted by molar-refractivity contribution is 8.00. The number of hydrogen-bond acceptors (Lipinski definition) is 5. The Bertz CT molecular complexity index is 945. The van der Waals surface area contributed by atoms with Gasteiger partial charge >= 0.3 is 5.97 Å². The largest absolute Gasteiger partial charge is 0.478 e. The second kappa shape index (κ2) is 6.41. The molecule has 0 aliphatic rings. The van der Waals surface area contributed by atoms with Gasteiger partial charge in [0.15, 0.2) is 5.78 Å². The van der Waals surface area contributed by atoms with Crippen LogP contribution in [-0.4, -0.2) is 16.9 Å². The van der Waals surface area contributed by atoms with E-state index in [2.05, 4.69) is 4.72 Å². The lowest BCUT2D eigenvalue weighted by molar-refractivity contribution is 0.0696. The van der Waals surface area contributed by atoms with Crippen molar-refractivity contribution < 1.29 is 19.1 Å². The molecule has 1 aromatic heterocycles. The number of furan rings is 1. The molecule has 0 atom stereocenters. The molecule has 0 aliphatic carbocycles. The lowest BCUT2D eigenvalue weighted by Crippen LogP contribution is -1.96. The smallest absolute Gasteiger partial charge is 0.335 e. The average Bonchev–Trinajstić information content (AvgIpc) is 2.88. The number of aryl methyl sites for hydroxylation is 1. The number of carboxylic acid groups (broad SMARTS) is 1. The molecule has 0 fully saturated rings. The number of carboxylic acids is 1. The molecule has 6 heteroatoms. The molecular formula is C18H15NO4S. The van der Waals surface area contributed by atoms with Gasteiger partial charge in [-0.25, -0.2) is 4.79 Å². The first-order valence-electron chi connectivity index (χ1n) is 7.26. The molecule has 0 aliphatic heterocycles. The minimum Gasteiger partial charge on any atom is -0.478 e. The van der Waals surface area contributed by atoms with Crippen molar-refractivity contribution >= 4 is 40.4 Å². The minimum absolute atomic E-state index is 0.0368. The standard InChI is InChI=1S/C18H15NO4S/c1-10(20)17-11(2)23-16-7-6-13(9-15(16)17)19-24-14-5-3-4-12(8-14)18(21)22/h3-9,19H,1-2H3,(H,21,22). The van der Waals surface area contributed by atoms with Gasteiger partial charge in [-0.05, 0) is 62.2 Å². The number of rotatable bonds is 5. The van der Waals surface area contributed by atoms with Gasteiger partial charge in [0.1, 0.15) is 11.3 Å². The lowest BCUT2D eigenvalue weighted by Gasteiger charge is -2.06. The fourth-order valence-corrected chi connectivity index (χ4v) is 3.23. The number of nitrogens with one attached hydrogen (secondary N) is 1. The van der Waals surface area contributed by atoms with Crippen LogP contribution in [0.4, 0.5) is 5.69 Å². The van der Waals surface area contributed by atoms with Crippen LogP contribution in [0, 0.1) is 6.92 Å². The summed E-state index contributed by atoms with van der Waals surface area (Å²) in [6.45, 7) is 3.29. The topological polar surface area (TPSA) is 79.5 Å². The summed E-state index contributed by atoms with van der Waals surface area (Å²) in [6.07, 6.45) is 0. The number of anilines is 1. The number of aromatic carboxylic acids is 1. The maximum Gasteiger partial charge on any atom is 0.335 e. The summed E-state index contributed by atoms with van der Waals surface area (Å²) in [4.78, 5) is 23.6. The van der Waals surface area contributed by atoms with Crippen molar-refractivity contribution in [3.63, 3.8) is 0 Å². The SMILES string of the molecule is CC(=O)c1c(C)oc2ccc(NSc3cccc(C(=O)O)c3)cc12. The van der Waals surface area contributed by atoms with Crippen LogP contribution in [0.25, 0.3) is 11.0 Å². The second-order valence-corrected chi connectivity index (χ2v) is 6.22. The fraction of sp³-hybridized carbons (Fsp3) is 0.111. The van der Waals surface area contributed by atoms with Crippen molar-refractivity contribution in [2.45, 2.75) is 18.7 Å². The molecular weight excluding hydrogens is 326 g/mol. The van der Waals surface area contributed by atoms with Crippen LogP contribution in [0.5, 0.6) is 0 Å². The molecule has 24 heavy (non-hydrogen) atoms. The zero-order valence-corrected chi connectivity index (χ0v) is 13.9. The van der Waals surface area contributed by atoms with Crippen LogP contribution < -0.4 is 4.72 Å². The Balaban J connectivity index is 1.85. The maximum absolute atomic E-state index is 11.8. The number of fused-ring (bicyclic) bond motifs is 1. The Kier molecular flexibility index (Phi) is 4.31. The van der Waals surface area contributed by atoms with E-state index in [1.165, 1.54) is 18.9 Å². The molecule has 1 heterocycles. The van der Waals surface area contributed by atoms with Gasteiger partial charge in [-0.2, -0.15) is 0 Å². The van der Waals surface area contributed by atoms with Gasteiger partial charge in [0.2, 0.25) is 0 Å². The van der Waals surface area contributed by atoms with Crippen molar-refractivity contribution in [1.82, 2.24) is 0 Å². The Labute approximate surface area is 142 Å². The lowest BCUT2D eigenvalue weighted by atomic mass is 10.1. The molecule has 0 spiro atoms. The van der Waals surface area contributed by atoms with Gasteiger partial charge in [0.05, 0.1) is 11.1 Å². The van der Waals surface area contributed by atoms with Crippen molar-refractivity contribution in [1.29, 1.82) is 0 Å². The predicted octanol–water partition coefficient (Wildman–Crippen LogP) is 4.76.